The zero-order valence-corrected chi connectivity index (χ0v) is 12.6. The van der Waals surface area contributed by atoms with Crippen LogP contribution in [0.25, 0.3) is 0 Å². The van der Waals surface area contributed by atoms with Crippen molar-refractivity contribution < 1.29 is 0 Å². The molecule has 0 bridgehead atoms. The van der Waals surface area contributed by atoms with Gasteiger partial charge in [0, 0.05) is 43.3 Å². The van der Waals surface area contributed by atoms with Gasteiger partial charge in [-0.25, -0.2) is 0 Å². The molecule has 0 radical (unpaired) electrons. The van der Waals surface area contributed by atoms with E-state index in [1.165, 1.54) is 5.56 Å². The first-order valence-corrected chi connectivity index (χ1v) is 7.37. The van der Waals surface area contributed by atoms with Crippen molar-refractivity contribution in [2.75, 3.05) is 33.2 Å². The van der Waals surface area contributed by atoms with E-state index in [2.05, 4.69) is 23.8 Å². The van der Waals surface area contributed by atoms with E-state index >= 15 is 0 Å². The molecule has 0 aliphatic carbocycles. The number of rotatable bonds is 4. The normalized spacial score (nSPS) is 23.5. The summed E-state index contributed by atoms with van der Waals surface area (Å²) in [6.07, 6.45) is 0.998. The molecule has 1 heterocycles. The highest BCUT2D eigenvalue weighted by atomic mass is 35.5. The van der Waals surface area contributed by atoms with E-state index in [-0.39, 0.29) is 6.04 Å². The SMILES string of the molecule is CC1CN(CCC(N)c2ccc(Cl)cc2)CCN1C. The summed E-state index contributed by atoms with van der Waals surface area (Å²) in [6.45, 7) is 6.79. The van der Waals surface area contributed by atoms with Crippen LogP contribution < -0.4 is 5.73 Å². The number of hydrogen-bond donors (Lipinski definition) is 1. The van der Waals surface area contributed by atoms with Crippen LogP contribution in [0.4, 0.5) is 0 Å². The van der Waals surface area contributed by atoms with Gasteiger partial charge >= 0.3 is 0 Å². The van der Waals surface area contributed by atoms with Crippen LogP contribution in [-0.4, -0.2) is 49.1 Å². The van der Waals surface area contributed by atoms with Crippen LogP contribution in [-0.2, 0) is 0 Å². The lowest BCUT2D eigenvalue weighted by molar-refractivity contribution is 0.103. The molecule has 0 spiro atoms. The molecule has 1 aliphatic rings. The largest absolute Gasteiger partial charge is 0.324 e. The highest BCUT2D eigenvalue weighted by Gasteiger charge is 2.20. The fourth-order valence-electron chi connectivity index (χ4n) is 2.53. The smallest absolute Gasteiger partial charge is 0.0406 e. The molecule has 1 aliphatic heterocycles. The predicted molar refractivity (Wildman–Crippen MR) is 81.5 cm³/mol. The summed E-state index contributed by atoms with van der Waals surface area (Å²) in [5.41, 5.74) is 7.42. The Morgan fingerprint density at radius 3 is 2.63 bits per heavy atom. The summed E-state index contributed by atoms with van der Waals surface area (Å²) in [6, 6.07) is 8.62. The number of hydrogen-bond acceptors (Lipinski definition) is 3. The summed E-state index contributed by atoms with van der Waals surface area (Å²) in [5, 5.41) is 0.767. The first-order valence-electron chi connectivity index (χ1n) is 7.00. The number of benzene rings is 1. The monoisotopic (exact) mass is 281 g/mol. The van der Waals surface area contributed by atoms with Gasteiger partial charge < -0.3 is 15.5 Å². The Labute approximate surface area is 121 Å². The van der Waals surface area contributed by atoms with Crippen molar-refractivity contribution in [2.45, 2.75) is 25.4 Å². The van der Waals surface area contributed by atoms with Crippen molar-refractivity contribution >= 4 is 11.6 Å². The Hall–Kier alpha value is -0.610. The first-order chi connectivity index (χ1) is 9.06. The maximum absolute atomic E-state index is 6.24. The van der Waals surface area contributed by atoms with Crippen LogP contribution in [0, 0.1) is 0 Å². The molecule has 2 atom stereocenters. The van der Waals surface area contributed by atoms with Crippen LogP contribution in [0.5, 0.6) is 0 Å². The molecule has 0 aromatic heterocycles. The van der Waals surface area contributed by atoms with Gasteiger partial charge in [-0.1, -0.05) is 23.7 Å². The molecule has 0 amide bonds. The van der Waals surface area contributed by atoms with E-state index in [0.717, 1.165) is 37.6 Å². The van der Waals surface area contributed by atoms with Gasteiger partial charge in [-0.2, -0.15) is 0 Å². The zero-order chi connectivity index (χ0) is 13.8. The molecule has 2 N–H and O–H groups in total. The Morgan fingerprint density at radius 2 is 2.00 bits per heavy atom. The van der Waals surface area contributed by atoms with Crippen LogP contribution in [0.15, 0.2) is 24.3 Å². The number of likely N-dealkylation sites (N-methyl/N-ethyl adjacent to an activating group) is 1. The van der Waals surface area contributed by atoms with Crippen molar-refractivity contribution in [3.05, 3.63) is 34.9 Å². The molecule has 106 valence electrons. The molecular weight excluding hydrogens is 258 g/mol. The molecule has 2 rings (SSSR count). The topological polar surface area (TPSA) is 32.5 Å². The van der Waals surface area contributed by atoms with Gasteiger partial charge in [0.25, 0.3) is 0 Å². The maximum Gasteiger partial charge on any atom is 0.0406 e. The lowest BCUT2D eigenvalue weighted by Crippen LogP contribution is -2.50. The fourth-order valence-corrected chi connectivity index (χ4v) is 2.65. The van der Waals surface area contributed by atoms with Gasteiger partial charge in [-0.3, -0.25) is 0 Å². The molecule has 1 fully saturated rings. The lowest BCUT2D eigenvalue weighted by Gasteiger charge is -2.38. The van der Waals surface area contributed by atoms with Crippen molar-refractivity contribution in [1.29, 1.82) is 0 Å². The quantitative estimate of drug-likeness (QED) is 0.920. The first kappa shape index (κ1) is 14.8. The van der Waals surface area contributed by atoms with Crippen molar-refractivity contribution in [2.24, 2.45) is 5.73 Å². The third kappa shape index (κ3) is 4.18. The minimum absolute atomic E-state index is 0.104. The lowest BCUT2D eigenvalue weighted by atomic mass is 10.0. The van der Waals surface area contributed by atoms with E-state index in [1.807, 2.05) is 24.3 Å². The molecule has 4 heteroatoms. The summed E-state index contributed by atoms with van der Waals surface area (Å²) >= 11 is 5.89. The van der Waals surface area contributed by atoms with Crippen LogP contribution >= 0.6 is 11.6 Å². The Balaban J connectivity index is 1.80. The summed E-state index contributed by atoms with van der Waals surface area (Å²) in [5.74, 6) is 0. The molecule has 0 saturated carbocycles. The average molecular weight is 282 g/mol. The van der Waals surface area contributed by atoms with E-state index in [9.17, 15) is 0 Å². The van der Waals surface area contributed by atoms with E-state index in [1.54, 1.807) is 0 Å². The van der Waals surface area contributed by atoms with E-state index < -0.39 is 0 Å². The predicted octanol–water partition coefficient (Wildman–Crippen LogP) is 2.37. The third-order valence-corrected chi connectivity index (χ3v) is 4.35. The number of piperazine rings is 1. The van der Waals surface area contributed by atoms with Crippen LogP contribution in [0.3, 0.4) is 0 Å². The summed E-state index contributed by atoms with van der Waals surface area (Å²) in [7, 11) is 2.20. The second-order valence-electron chi connectivity index (χ2n) is 5.58. The summed E-state index contributed by atoms with van der Waals surface area (Å²) < 4.78 is 0. The number of nitrogens with zero attached hydrogens (tertiary/aromatic N) is 2. The summed E-state index contributed by atoms with van der Waals surface area (Å²) in [4.78, 5) is 4.93. The fraction of sp³-hybridized carbons (Fsp3) is 0.600. The molecule has 2 unspecified atom stereocenters. The Kier molecular flexibility index (Phi) is 5.22. The van der Waals surface area contributed by atoms with Gasteiger partial charge in [0.2, 0.25) is 0 Å². The van der Waals surface area contributed by atoms with Gasteiger partial charge in [0.05, 0.1) is 0 Å². The van der Waals surface area contributed by atoms with Crippen LogP contribution in [0.2, 0.25) is 5.02 Å². The van der Waals surface area contributed by atoms with E-state index in [0.29, 0.717) is 6.04 Å². The van der Waals surface area contributed by atoms with Crippen LogP contribution in [0.1, 0.15) is 24.9 Å². The number of halogens is 1. The second kappa shape index (κ2) is 6.71. The molecule has 3 nitrogen and oxygen atoms in total. The average Bonchev–Trinajstić information content (AvgIpc) is 2.40. The highest BCUT2D eigenvalue weighted by Crippen LogP contribution is 2.18. The Morgan fingerprint density at radius 1 is 1.32 bits per heavy atom. The van der Waals surface area contributed by atoms with Gasteiger partial charge in [-0.05, 0) is 38.1 Å². The molecule has 1 saturated heterocycles. The van der Waals surface area contributed by atoms with E-state index in [4.69, 9.17) is 17.3 Å². The zero-order valence-electron chi connectivity index (χ0n) is 11.8. The molecule has 1 aromatic carbocycles. The second-order valence-corrected chi connectivity index (χ2v) is 6.01. The minimum atomic E-state index is 0.104. The third-order valence-electron chi connectivity index (χ3n) is 4.10. The van der Waals surface area contributed by atoms with Crippen molar-refractivity contribution in [1.82, 2.24) is 9.80 Å². The highest BCUT2D eigenvalue weighted by molar-refractivity contribution is 6.30. The molecule has 1 aromatic rings. The van der Waals surface area contributed by atoms with Crippen molar-refractivity contribution in [3.63, 3.8) is 0 Å². The van der Waals surface area contributed by atoms with Gasteiger partial charge in [0.1, 0.15) is 0 Å². The number of nitrogens with two attached hydrogens (primary N) is 1. The minimum Gasteiger partial charge on any atom is -0.324 e. The molecule has 19 heavy (non-hydrogen) atoms. The van der Waals surface area contributed by atoms with Gasteiger partial charge in [0.15, 0.2) is 0 Å². The molecular formula is C15H24ClN3. The maximum atomic E-state index is 6.24. The standard InChI is InChI=1S/C15H24ClN3/c1-12-11-19(10-9-18(12)2)8-7-15(17)13-3-5-14(16)6-4-13/h3-6,12,15H,7-11,17H2,1-2H3. The van der Waals surface area contributed by atoms with Crippen molar-refractivity contribution in [3.8, 4) is 0 Å². The van der Waals surface area contributed by atoms with Gasteiger partial charge in [-0.15, -0.1) is 0 Å². The Bertz CT molecular complexity index is 393.